The van der Waals surface area contributed by atoms with Gasteiger partial charge in [-0.25, -0.2) is 0 Å². The van der Waals surface area contributed by atoms with E-state index in [4.69, 9.17) is 28.6 Å². The Bertz CT molecular complexity index is 1070. The van der Waals surface area contributed by atoms with Crippen molar-refractivity contribution < 1.29 is 13.2 Å². The van der Waals surface area contributed by atoms with Crippen molar-refractivity contribution >= 4 is 61.7 Å². The molecule has 25 heavy (non-hydrogen) atoms. The van der Waals surface area contributed by atoms with E-state index in [1.165, 1.54) is 42.5 Å². The van der Waals surface area contributed by atoms with Gasteiger partial charge in [-0.15, -0.1) is 0 Å². The van der Waals surface area contributed by atoms with E-state index in [0.717, 1.165) is 11.8 Å². The Labute approximate surface area is 157 Å². The Balaban J connectivity index is 2.06. The average Bonchev–Trinajstić information content (AvgIpc) is 2.55. The lowest BCUT2D eigenvalue weighted by atomic mass is 10.1. The number of thioether (sulfide) groups is 1. The largest absolute Gasteiger partial charge is 0.288 e. The predicted molar refractivity (Wildman–Crippen MR) is 99.0 cm³/mol. The normalized spacial score (nSPS) is 14.9. The Morgan fingerprint density at radius 1 is 1.08 bits per heavy atom. The van der Waals surface area contributed by atoms with Crippen LogP contribution in [0.5, 0.6) is 0 Å². The first-order chi connectivity index (χ1) is 11.8. The fourth-order valence-corrected chi connectivity index (χ4v) is 5.12. The molecule has 0 aliphatic carbocycles. The Morgan fingerprint density at radius 2 is 1.72 bits per heavy atom. The number of rotatable bonds is 3. The number of hydrogen-bond donors (Lipinski definition) is 1. The molecule has 1 aliphatic rings. The molecule has 0 aromatic heterocycles. The van der Waals surface area contributed by atoms with E-state index in [1.54, 1.807) is 0 Å². The quantitative estimate of drug-likeness (QED) is 0.465. The molecule has 0 atom stereocenters. The zero-order valence-corrected chi connectivity index (χ0v) is 15.4. The molecule has 0 spiro atoms. The number of Topliss-reactive ketones (excluding diaryl/α,β-unsaturated/α-hetero) is 1. The van der Waals surface area contributed by atoms with Crippen LogP contribution in [0.1, 0.15) is 10.4 Å². The topological polar surface area (TPSA) is 87.4 Å². The summed E-state index contributed by atoms with van der Waals surface area (Å²) in [6.45, 7) is 0. The first-order valence-corrected chi connectivity index (χ1v) is 9.76. The number of nitrogens with zero attached hydrogens (tertiary/aromatic N) is 1. The molecule has 0 fully saturated rings. The van der Waals surface area contributed by atoms with Gasteiger partial charge < -0.3 is 0 Å². The standard InChI is InChI=1S/C16H8Cl2N2O3S2/c17-10-3-1-9(2-4-10)15(21)12(8-19)16-20-25(22,23)14-6-5-11(18)7-13(14)24-16/h1-7,19H. The van der Waals surface area contributed by atoms with E-state index in [2.05, 4.69) is 4.40 Å². The number of fused-ring (bicyclic) bond motifs is 1. The van der Waals surface area contributed by atoms with Crippen molar-refractivity contribution in [1.29, 1.82) is 5.41 Å². The second-order valence-corrected chi connectivity index (χ2v) is 8.38. The van der Waals surface area contributed by atoms with Crippen molar-refractivity contribution in [2.24, 2.45) is 4.40 Å². The van der Waals surface area contributed by atoms with Crippen molar-refractivity contribution in [2.75, 3.05) is 0 Å². The number of halogens is 2. The van der Waals surface area contributed by atoms with Crippen LogP contribution in [0.4, 0.5) is 0 Å². The van der Waals surface area contributed by atoms with E-state index in [9.17, 15) is 13.2 Å². The lowest BCUT2D eigenvalue weighted by Crippen LogP contribution is -2.17. The van der Waals surface area contributed by atoms with Crippen LogP contribution in [0.15, 0.2) is 62.2 Å². The first-order valence-electron chi connectivity index (χ1n) is 6.74. The van der Waals surface area contributed by atoms with Crippen LogP contribution in [0, 0.1) is 5.41 Å². The molecule has 1 heterocycles. The molecule has 0 radical (unpaired) electrons. The van der Waals surface area contributed by atoms with Crippen LogP contribution in [0.25, 0.3) is 0 Å². The van der Waals surface area contributed by atoms with Gasteiger partial charge in [-0.3, -0.25) is 10.2 Å². The Hall–Kier alpha value is -1.89. The number of carbonyl (C=O) groups is 1. The van der Waals surface area contributed by atoms with Crippen molar-refractivity contribution in [3.63, 3.8) is 0 Å². The van der Waals surface area contributed by atoms with Gasteiger partial charge in [0.05, 0.1) is 0 Å². The summed E-state index contributed by atoms with van der Waals surface area (Å²) in [5, 5.41) is 8.11. The van der Waals surface area contributed by atoms with Crippen LogP contribution in [0.2, 0.25) is 10.0 Å². The Morgan fingerprint density at radius 3 is 2.36 bits per heavy atom. The lowest BCUT2D eigenvalue weighted by molar-refractivity contribution is 0.104. The van der Waals surface area contributed by atoms with Crippen molar-refractivity contribution in [3.8, 4) is 0 Å². The van der Waals surface area contributed by atoms with Gasteiger partial charge in [0, 0.05) is 20.5 Å². The molecule has 1 N–H and O–H groups in total. The molecule has 0 saturated heterocycles. The van der Waals surface area contributed by atoms with Gasteiger partial charge in [-0.2, -0.15) is 12.8 Å². The van der Waals surface area contributed by atoms with E-state index in [-0.39, 0.29) is 21.1 Å². The zero-order chi connectivity index (χ0) is 18.2. The third kappa shape index (κ3) is 3.56. The van der Waals surface area contributed by atoms with Crippen LogP contribution in [-0.4, -0.2) is 25.1 Å². The molecule has 2 aromatic carbocycles. The maximum atomic E-state index is 12.6. The average molecular weight is 411 g/mol. The smallest absolute Gasteiger partial charge is 0.284 e. The fraction of sp³-hybridized carbons (Fsp3) is 0. The molecule has 3 rings (SSSR count). The Kier molecular flexibility index (Phi) is 4.86. The number of hydrogen-bond acceptors (Lipinski definition) is 5. The van der Waals surface area contributed by atoms with Gasteiger partial charge in [0.15, 0.2) is 0 Å². The van der Waals surface area contributed by atoms with Gasteiger partial charge in [-0.05, 0) is 48.3 Å². The minimum absolute atomic E-state index is 0.00826. The van der Waals surface area contributed by atoms with Gasteiger partial charge in [-0.1, -0.05) is 35.0 Å². The fourth-order valence-electron chi connectivity index (χ4n) is 2.11. The molecule has 9 heteroatoms. The van der Waals surface area contributed by atoms with Crippen LogP contribution >= 0.6 is 35.0 Å². The lowest BCUT2D eigenvalue weighted by Gasteiger charge is -2.16. The molecule has 1 aliphatic heterocycles. The molecule has 0 saturated carbocycles. The number of ketones is 1. The summed E-state index contributed by atoms with van der Waals surface area (Å²) >= 11 is 12.7. The minimum atomic E-state index is -3.99. The summed E-state index contributed by atoms with van der Waals surface area (Å²) in [6, 6.07) is 10.3. The third-order valence-corrected chi connectivity index (χ3v) is 6.38. The number of benzene rings is 2. The molecule has 126 valence electrons. The van der Waals surface area contributed by atoms with Crippen LogP contribution < -0.4 is 0 Å². The van der Waals surface area contributed by atoms with E-state index in [0.29, 0.717) is 14.9 Å². The predicted octanol–water partition coefficient (Wildman–Crippen LogP) is 4.24. The van der Waals surface area contributed by atoms with E-state index < -0.39 is 15.8 Å². The molecule has 0 bridgehead atoms. The first kappa shape index (κ1) is 17.9. The molecule has 0 amide bonds. The van der Waals surface area contributed by atoms with Crippen molar-refractivity contribution in [2.45, 2.75) is 9.79 Å². The molecular weight excluding hydrogens is 403 g/mol. The highest BCUT2D eigenvalue weighted by molar-refractivity contribution is 8.16. The van der Waals surface area contributed by atoms with Gasteiger partial charge in [0.25, 0.3) is 10.0 Å². The summed E-state index contributed by atoms with van der Waals surface area (Å²) in [4.78, 5) is 12.9. The monoisotopic (exact) mass is 410 g/mol. The zero-order valence-electron chi connectivity index (χ0n) is 12.3. The van der Waals surface area contributed by atoms with Crippen molar-refractivity contribution in [3.05, 3.63) is 63.6 Å². The number of sulfonamides is 1. The van der Waals surface area contributed by atoms with Gasteiger partial charge in [0.1, 0.15) is 15.5 Å². The molecule has 2 aromatic rings. The molecule has 5 nitrogen and oxygen atoms in total. The highest BCUT2D eigenvalue weighted by atomic mass is 35.5. The van der Waals surface area contributed by atoms with Gasteiger partial charge >= 0.3 is 0 Å². The number of carbonyl (C=O) groups excluding carboxylic acids is 1. The summed E-state index contributed by atoms with van der Waals surface area (Å²) in [5.41, 5.74) is -0.00161. The van der Waals surface area contributed by atoms with Crippen molar-refractivity contribution in [1.82, 2.24) is 0 Å². The highest BCUT2D eigenvalue weighted by Gasteiger charge is 2.30. The second-order valence-electron chi connectivity index (χ2n) is 4.90. The van der Waals surface area contributed by atoms with E-state index in [1.807, 2.05) is 5.87 Å². The van der Waals surface area contributed by atoms with E-state index >= 15 is 0 Å². The molecule has 0 unspecified atom stereocenters. The van der Waals surface area contributed by atoms with Crippen LogP contribution in [-0.2, 0) is 10.0 Å². The maximum absolute atomic E-state index is 12.6. The maximum Gasteiger partial charge on any atom is 0.284 e. The summed E-state index contributed by atoms with van der Waals surface area (Å²) in [7, 11) is -3.99. The third-order valence-electron chi connectivity index (χ3n) is 3.27. The summed E-state index contributed by atoms with van der Waals surface area (Å²) < 4.78 is 28.4. The summed E-state index contributed by atoms with van der Waals surface area (Å²) in [5.74, 6) is 1.43. The molecular formula is C16H8Cl2N2O3S2. The summed E-state index contributed by atoms with van der Waals surface area (Å²) in [6.07, 6.45) is 0. The highest BCUT2D eigenvalue weighted by Crippen LogP contribution is 2.37. The number of nitrogens with one attached hydrogen (secondary N) is 1. The van der Waals surface area contributed by atoms with Gasteiger partial charge in [0.2, 0.25) is 5.78 Å². The second kappa shape index (κ2) is 6.78. The SMILES string of the molecule is N=C=C(C(=O)c1ccc(Cl)cc1)C1=NS(=O)(=O)c2ccc(Cl)cc2S1. The van der Waals surface area contributed by atoms with Crippen LogP contribution in [0.3, 0.4) is 0 Å². The minimum Gasteiger partial charge on any atom is -0.288 e.